The van der Waals surface area contributed by atoms with Crippen LogP contribution < -0.4 is 15.1 Å². The second-order valence-electron chi connectivity index (χ2n) is 8.92. The van der Waals surface area contributed by atoms with Crippen molar-refractivity contribution in [3.05, 3.63) is 59.2 Å². The highest BCUT2D eigenvalue weighted by Gasteiger charge is 2.16. The summed E-state index contributed by atoms with van der Waals surface area (Å²) >= 11 is 0. The number of fused-ring (bicyclic) bond motifs is 1. The highest BCUT2D eigenvalue weighted by molar-refractivity contribution is 5.99. The van der Waals surface area contributed by atoms with Gasteiger partial charge in [0, 0.05) is 49.7 Å². The number of nitrogens with one attached hydrogen (secondary N) is 1. The van der Waals surface area contributed by atoms with Gasteiger partial charge in [-0.2, -0.15) is 0 Å². The summed E-state index contributed by atoms with van der Waals surface area (Å²) in [6.45, 7) is 9.14. The van der Waals surface area contributed by atoms with E-state index in [1.165, 1.54) is 0 Å². The van der Waals surface area contributed by atoms with Crippen LogP contribution in [0.2, 0.25) is 0 Å². The summed E-state index contributed by atoms with van der Waals surface area (Å²) in [5.41, 5.74) is 5.70. The number of pyridine rings is 1. The molecule has 0 spiro atoms. The van der Waals surface area contributed by atoms with Gasteiger partial charge >= 0.3 is 0 Å². The monoisotopic (exact) mass is 460 g/mol. The van der Waals surface area contributed by atoms with Crippen molar-refractivity contribution in [3.63, 3.8) is 0 Å². The fourth-order valence-electron chi connectivity index (χ4n) is 4.24. The average molecular weight is 461 g/mol. The van der Waals surface area contributed by atoms with Crippen molar-refractivity contribution in [3.8, 4) is 0 Å². The van der Waals surface area contributed by atoms with Crippen LogP contribution in [0, 0.1) is 20.8 Å². The Morgan fingerprint density at radius 2 is 1.76 bits per heavy atom. The predicted octanol–water partition coefficient (Wildman–Crippen LogP) is 4.38. The maximum Gasteiger partial charge on any atom is 0.227 e. The Morgan fingerprint density at radius 1 is 1.00 bits per heavy atom. The number of benzene rings is 2. The lowest BCUT2D eigenvalue weighted by Gasteiger charge is -2.28. The largest absolute Gasteiger partial charge is 0.378 e. The van der Waals surface area contributed by atoms with Crippen LogP contribution in [0.25, 0.3) is 10.9 Å². The van der Waals surface area contributed by atoms with E-state index in [9.17, 15) is 9.59 Å². The molecule has 1 N–H and O–H groups in total. The average Bonchev–Trinajstić information content (AvgIpc) is 2.84. The van der Waals surface area contributed by atoms with Gasteiger partial charge in [-0.25, -0.2) is 4.98 Å². The molecule has 2 heterocycles. The number of hydrogen-bond acceptors (Lipinski definition) is 5. The number of nitrogens with zero attached hydrogens (tertiary/aromatic N) is 3. The molecule has 7 nitrogen and oxygen atoms in total. The number of ether oxygens (including phenoxy) is 1. The molecule has 1 aromatic heterocycles. The molecule has 2 aromatic carbocycles. The first kappa shape index (κ1) is 23.7. The zero-order valence-electron chi connectivity index (χ0n) is 20.4. The van der Waals surface area contributed by atoms with Gasteiger partial charge in [0.2, 0.25) is 11.8 Å². The Hall–Kier alpha value is -3.45. The molecule has 0 unspecified atom stereocenters. The second kappa shape index (κ2) is 10.2. The number of amides is 2. The Kier molecular flexibility index (Phi) is 7.12. The lowest BCUT2D eigenvalue weighted by Crippen LogP contribution is -2.36. The normalized spacial score (nSPS) is 13.7. The highest BCUT2D eigenvalue weighted by Crippen LogP contribution is 2.26. The summed E-state index contributed by atoms with van der Waals surface area (Å²) in [7, 11) is 1.76. The molecular weight excluding hydrogens is 428 g/mol. The first-order valence-corrected chi connectivity index (χ1v) is 11.7. The Labute approximate surface area is 200 Å². The van der Waals surface area contributed by atoms with Gasteiger partial charge in [0.05, 0.1) is 18.7 Å². The van der Waals surface area contributed by atoms with E-state index in [4.69, 9.17) is 9.72 Å². The first-order valence-electron chi connectivity index (χ1n) is 11.7. The molecule has 1 saturated heterocycles. The Bertz CT molecular complexity index is 1220. The van der Waals surface area contributed by atoms with Gasteiger partial charge in [-0.1, -0.05) is 12.1 Å². The minimum Gasteiger partial charge on any atom is -0.378 e. The summed E-state index contributed by atoms with van der Waals surface area (Å²) in [6.07, 6.45) is 0.270. The topological polar surface area (TPSA) is 74.8 Å². The number of carbonyl (C=O) groups is 2. The van der Waals surface area contributed by atoms with Gasteiger partial charge < -0.3 is 19.9 Å². The third-order valence-electron chi connectivity index (χ3n) is 6.29. The minimum atomic E-state index is -0.183. The van der Waals surface area contributed by atoms with E-state index in [2.05, 4.69) is 23.2 Å². The van der Waals surface area contributed by atoms with Crippen LogP contribution in [0.5, 0.6) is 0 Å². The number of aryl methyl sites for hydroxylation is 3. The van der Waals surface area contributed by atoms with Gasteiger partial charge in [-0.05, 0) is 67.8 Å². The molecule has 178 valence electrons. The molecule has 1 aliphatic heterocycles. The molecule has 1 fully saturated rings. The first-order chi connectivity index (χ1) is 16.3. The SMILES string of the molecule is Cc1ccc(C)c(N(C)C(=O)CCC(=O)Nc2ccc3nc(N4CCOCC4)cc(C)c3c2)c1. The van der Waals surface area contributed by atoms with E-state index in [1.54, 1.807) is 11.9 Å². The smallest absolute Gasteiger partial charge is 0.227 e. The number of rotatable bonds is 6. The molecule has 0 atom stereocenters. The van der Waals surface area contributed by atoms with E-state index < -0.39 is 0 Å². The van der Waals surface area contributed by atoms with Crippen LogP contribution in [-0.2, 0) is 14.3 Å². The molecule has 2 amide bonds. The molecular formula is C27H32N4O3. The zero-order valence-corrected chi connectivity index (χ0v) is 20.4. The summed E-state index contributed by atoms with van der Waals surface area (Å²) in [4.78, 5) is 33.9. The van der Waals surface area contributed by atoms with Gasteiger partial charge in [0.1, 0.15) is 5.82 Å². The van der Waals surface area contributed by atoms with Crippen LogP contribution in [0.15, 0.2) is 42.5 Å². The van der Waals surface area contributed by atoms with Gasteiger partial charge in [0.25, 0.3) is 0 Å². The number of aromatic nitrogens is 1. The lowest BCUT2D eigenvalue weighted by atomic mass is 10.1. The van der Waals surface area contributed by atoms with Crippen LogP contribution in [-0.4, -0.2) is 50.1 Å². The van der Waals surface area contributed by atoms with Crippen LogP contribution in [0.3, 0.4) is 0 Å². The van der Waals surface area contributed by atoms with E-state index in [1.807, 2.05) is 50.2 Å². The van der Waals surface area contributed by atoms with Crippen LogP contribution in [0.4, 0.5) is 17.2 Å². The Morgan fingerprint density at radius 3 is 2.53 bits per heavy atom. The highest BCUT2D eigenvalue weighted by atomic mass is 16.5. The van der Waals surface area contributed by atoms with Crippen molar-refractivity contribution >= 4 is 39.9 Å². The third kappa shape index (κ3) is 5.37. The van der Waals surface area contributed by atoms with E-state index in [0.29, 0.717) is 18.9 Å². The predicted molar refractivity (Wildman–Crippen MR) is 137 cm³/mol. The number of hydrogen-bond donors (Lipinski definition) is 1. The minimum absolute atomic E-state index is 0.0851. The molecule has 7 heteroatoms. The zero-order chi connectivity index (χ0) is 24.2. The van der Waals surface area contributed by atoms with Crippen molar-refractivity contribution in [1.29, 1.82) is 0 Å². The van der Waals surface area contributed by atoms with Crippen LogP contribution >= 0.6 is 0 Å². The summed E-state index contributed by atoms with van der Waals surface area (Å²) < 4.78 is 5.44. The maximum absolute atomic E-state index is 12.7. The quantitative estimate of drug-likeness (QED) is 0.591. The van der Waals surface area contributed by atoms with Crippen molar-refractivity contribution in [1.82, 2.24) is 4.98 Å². The molecule has 34 heavy (non-hydrogen) atoms. The van der Waals surface area contributed by atoms with E-state index in [0.717, 1.165) is 52.2 Å². The van der Waals surface area contributed by atoms with E-state index >= 15 is 0 Å². The van der Waals surface area contributed by atoms with Gasteiger partial charge in [0.15, 0.2) is 0 Å². The third-order valence-corrected chi connectivity index (χ3v) is 6.29. The fourth-order valence-corrected chi connectivity index (χ4v) is 4.24. The number of anilines is 3. The molecule has 3 aromatic rings. The number of morpholine rings is 1. The molecule has 4 rings (SSSR count). The fraction of sp³-hybridized carbons (Fsp3) is 0.370. The van der Waals surface area contributed by atoms with Crippen molar-refractivity contribution in [2.75, 3.05) is 48.5 Å². The standard InChI is InChI=1S/C27H32N4O3/c1-18-5-6-19(2)24(15-18)30(4)27(33)10-9-26(32)28-21-7-8-23-22(17-21)20(3)16-25(29-23)31-11-13-34-14-12-31/h5-8,15-17H,9-14H2,1-4H3,(H,28,32). The molecule has 0 bridgehead atoms. The second-order valence-corrected chi connectivity index (χ2v) is 8.92. The number of carbonyl (C=O) groups excluding carboxylic acids is 2. The Balaban J connectivity index is 1.39. The summed E-state index contributed by atoms with van der Waals surface area (Å²) in [6, 6.07) is 13.8. The van der Waals surface area contributed by atoms with Crippen molar-refractivity contribution in [2.24, 2.45) is 0 Å². The van der Waals surface area contributed by atoms with Gasteiger partial charge in [-0.3, -0.25) is 9.59 Å². The molecule has 0 radical (unpaired) electrons. The molecule has 0 aliphatic carbocycles. The molecule has 1 aliphatic rings. The van der Waals surface area contributed by atoms with Crippen molar-refractivity contribution < 1.29 is 14.3 Å². The van der Waals surface area contributed by atoms with Crippen LogP contribution in [0.1, 0.15) is 29.5 Å². The lowest BCUT2D eigenvalue weighted by molar-refractivity contribution is -0.122. The molecule has 0 saturated carbocycles. The van der Waals surface area contributed by atoms with Crippen molar-refractivity contribution in [2.45, 2.75) is 33.6 Å². The maximum atomic E-state index is 12.7. The van der Waals surface area contributed by atoms with E-state index in [-0.39, 0.29) is 24.7 Å². The van der Waals surface area contributed by atoms with Gasteiger partial charge in [-0.15, -0.1) is 0 Å². The summed E-state index contributed by atoms with van der Waals surface area (Å²) in [5, 5.41) is 3.93. The summed E-state index contributed by atoms with van der Waals surface area (Å²) in [5.74, 6) is 0.687.